The number of pyridine rings is 1. The SMILES string of the molecule is CN(C)c1ccnc(C(=O)N2CCCO2)c1. The Morgan fingerprint density at radius 2 is 2.38 bits per heavy atom. The third kappa shape index (κ3) is 2.14. The van der Waals surface area contributed by atoms with Crippen molar-refractivity contribution in [1.29, 1.82) is 0 Å². The number of hydrogen-bond donors (Lipinski definition) is 0. The second-order valence-electron chi connectivity index (χ2n) is 3.89. The number of carbonyl (C=O) groups excluding carboxylic acids is 1. The summed E-state index contributed by atoms with van der Waals surface area (Å²) in [6, 6.07) is 3.63. The largest absolute Gasteiger partial charge is 0.378 e. The van der Waals surface area contributed by atoms with Crippen molar-refractivity contribution in [2.75, 3.05) is 32.1 Å². The molecule has 0 unspecified atom stereocenters. The first-order chi connectivity index (χ1) is 7.68. The van der Waals surface area contributed by atoms with Gasteiger partial charge >= 0.3 is 0 Å². The van der Waals surface area contributed by atoms with Gasteiger partial charge < -0.3 is 4.90 Å². The Labute approximate surface area is 94.6 Å². The Morgan fingerprint density at radius 1 is 1.56 bits per heavy atom. The summed E-state index contributed by atoms with van der Waals surface area (Å²) >= 11 is 0. The molecule has 0 N–H and O–H groups in total. The minimum atomic E-state index is -0.166. The molecule has 0 aromatic carbocycles. The highest BCUT2D eigenvalue weighted by molar-refractivity contribution is 5.92. The monoisotopic (exact) mass is 221 g/mol. The fourth-order valence-corrected chi connectivity index (χ4v) is 1.55. The molecule has 2 rings (SSSR count). The van der Waals surface area contributed by atoms with E-state index in [9.17, 15) is 4.79 Å². The zero-order valence-corrected chi connectivity index (χ0v) is 9.51. The van der Waals surface area contributed by atoms with Gasteiger partial charge in [-0.1, -0.05) is 0 Å². The lowest BCUT2D eigenvalue weighted by Crippen LogP contribution is -2.27. The summed E-state index contributed by atoms with van der Waals surface area (Å²) in [5.74, 6) is -0.166. The van der Waals surface area contributed by atoms with Crippen molar-refractivity contribution < 1.29 is 9.63 Å². The van der Waals surface area contributed by atoms with Crippen molar-refractivity contribution in [1.82, 2.24) is 10.0 Å². The van der Waals surface area contributed by atoms with E-state index in [0.29, 0.717) is 18.8 Å². The maximum Gasteiger partial charge on any atom is 0.296 e. The molecule has 0 radical (unpaired) electrons. The lowest BCUT2D eigenvalue weighted by molar-refractivity contribution is -0.0771. The van der Waals surface area contributed by atoms with Crippen LogP contribution in [0.25, 0.3) is 0 Å². The third-order valence-corrected chi connectivity index (χ3v) is 2.46. The molecule has 1 fully saturated rings. The highest BCUT2D eigenvalue weighted by Crippen LogP contribution is 2.14. The molecule has 0 atom stereocenters. The molecule has 5 heteroatoms. The first kappa shape index (κ1) is 10.9. The maximum atomic E-state index is 11.9. The van der Waals surface area contributed by atoms with Crippen molar-refractivity contribution in [2.24, 2.45) is 0 Å². The molecule has 0 bridgehead atoms. The number of amides is 1. The summed E-state index contributed by atoms with van der Waals surface area (Å²) in [6.45, 7) is 1.26. The molecule has 0 aliphatic carbocycles. The van der Waals surface area contributed by atoms with E-state index in [0.717, 1.165) is 12.1 Å². The number of hydrogen-bond acceptors (Lipinski definition) is 4. The minimum Gasteiger partial charge on any atom is -0.378 e. The predicted octanol–water partition coefficient (Wildman–Crippen LogP) is 0.925. The molecule has 1 saturated heterocycles. The lowest BCUT2D eigenvalue weighted by atomic mass is 10.3. The van der Waals surface area contributed by atoms with E-state index >= 15 is 0 Å². The van der Waals surface area contributed by atoms with Gasteiger partial charge in [0.15, 0.2) is 0 Å². The Balaban J connectivity index is 2.19. The van der Waals surface area contributed by atoms with Crippen LogP contribution in [0, 0.1) is 0 Å². The van der Waals surface area contributed by atoms with Crippen LogP contribution >= 0.6 is 0 Å². The van der Waals surface area contributed by atoms with E-state index in [1.54, 1.807) is 12.3 Å². The van der Waals surface area contributed by atoms with Gasteiger partial charge in [0, 0.05) is 26.0 Å². The van der Waals surface area contributed by atoms with Gasteiger partial charge in [-0.15, -0.1) is 0 Å². The van der Waals surface area contributed by atoms with Crippen LogP contribution in [0.15, 0.2) is 18.3 Å². The van der Waals surface area contributed by atoms with Crippen molar-refractivity contribution in [2.45, 2.75) is 6.42 Å². The molecule has 1 aromatic rings. The van der Waals surface area contributed by atoms with Crippen molar-refractivity contribution in [3.63, 3.8) is 0 Å². The van der Waals surface area contributed by atoms with Crippen LogP contribution in [0.4, 0.5) is 5.69 Å². The molecule has 86 valence electrons. The fraction of sp³-hybridized carbons (Fsp3) is 0.455. The van der Waals surface area contributed by atoms with Gasteiger partial charge in [0.2, 0.25) is 0 Å². The van der Waals surface area contributed by atoms with E-state index in [4.69, 9.17) is 4.84 Å². The normalized spacial score (nSPS) is 15.2. The minimum absolute atomic E-state index is 0.166. The number of rotatable bonds is 2. The van der Waals surface area contributed by atoms with Crippen LogP contribution < -0.4 is 4.90 Å². The van der Waals surface area contributed by atoms with Crippen LogP contribution in [0.3, 0.4) is 0 Å². The van der Waals surface area contributed by atoms with Crippen LogP contribution in [-0.4, -0.2) is 43.2 Å². The molecular formula is C11H15N3O2. The van der Waals surface area contributed by atoms with Gasteiger partial charge in [0.1, 0.15) is 5.69 Å². The molecule has 2 heterocycles. The van der Waals surface area contributed by atoms with Crippen molar-refractivity contribution in [3.8, 4) is 0 Å². The third-order valence-electron chi connectivity index (χ3n) is 2.46. The number of nitrogens with zero attached hydrogens (tertiary/aromatic N) is 3. The number of anilines is 1. The lowest BCUT2D eigenvalue weighted by Gasteiger charge is -2.16. The van der Waals surface area contributed by atoms with Gasteiger partial charge in [0.25, 0.3) is 5.91 Å². The highest BCUT2D eigenvalue weighted by Gasteiger charge is 2.22. The number of aromatic nitrogens is 1. The smallest absolute Gasteiger partial charge is 0.296 e. The molecule has 1 aromatic heterocycles. The second-order valence-corrected chi connectivity index (χ2v) is 3.89. The quantitative estimate of drug-likeness (QED) is 0.745. The van der Waals surface area contributed by atoms with Gasteiger partial charge in [-0.05, 0) is 18.6 Å². The summed E-state index contributed by atoms with van der Waals surface area (Å²) in [6.07, 6.45) is 2.53. The Kier molecular flexibility index (Phi) is 3.05. The first-order valence-electron chi connectivity index (χ1n) is 5.26. The van der Waals surface area contributed by atoms with Gasteiger partial charge in [-0.2, -0.15) is 0 Å². The van der Waals surface area contributed by atoms with Crippen molar-refractivity contribution >= 4 is 11.6 Å². The average molecular weight is 221 g/mol. The Morgan fingerprint density at radius 3 is 3.00 bits per heavy atom. The van der Waals surface area contributed by atoms with Crippen LogP contribution in [0.5, 0.6) is 0 Å². The van der Waals surface area contributed by atoms with Gasteiger partial charge in [-0.25, -0.2) is 5.06 Å². The molecule has 0 spiro atoms. The van der Waals surface area contributed by atoms with E-state index in [2.05, 4.69) is 4.98 Å². The molecule has 0 saturated carbocycles. The van der Waals surface area contributed by atoms with Crippen LogP contribution in [0.2, 0.25) is 0 Å². The molecule has 1 aliphatic heterocycles. The van der Waals surface area contributed by atoms with Crippen LogP contribution in [-0.2, 0) is 4.84 Å². The number of hydroxylamine groups is 2. The molecular weight excluding hydrogens is 206 g/mol. The Bertz CT molecular complexity index is 387. The molecule has 5 nitrogen and oxygen atoms in total. The average Bonchev–Trinajstić information content (AvgIpc) is 2.81. The first-order valence-corrected chi connectivity index (χ1v) is 5.26. The summed E-state index contributed by atoms with van der Waals surface area (Å²) in [5.41, 5.74) is 1.38. The molecule has 1 amide bonds. The maximum absolute atomic E-state index is 11.9. The van der Waals surface area contributed by atoms with E-state index in [1.165, 1.54) is 5.06 Å². The highest BCUT2D eigenvalue weighted by atomic mass is 16.7. The van der Waals surface area contributed by atoms with Gasteiger partial charge in [0.05, 0.1) is 13.2 Å². The summed E-state index contributed by atoms with van der Waals surface area (Å²) in [5, 5.41) is 1.38. The standard InChI is InChI=1S/C11H15N3O2/c1-13(2)9-4-5-12-10(8-9)11(15)14-6-3-7-16-14/h4-5,8H,3,6-7H2,1-2H3. The van der Waals surface area contributed by atoms with Crippen molar-refractivity contribution in [3.05, 3.63) is 24.0 Å². The summed E-state index contributed by atoms with van der Waals surface area (Å²) < 4.78 is 0. The molecule has 16 heavy (non-hydrogen) atoms. The molecule has 1 aliphatic rings. The van der Waals surface area contributed by atoms with E-state index < -0.39 is 0 Å². The predicted molar refractivity (Wildman–Crippen MR) is 60.2 cm³/mol. The summed E-state index contributed by atoms with van der Waals surface area (Å²) in [7, 11) is 3.85. The zero-order chi connectivity index (χ0) is 11.5. The second kappa shape index (κ2) is 4.49. The fourth-order valence-electron chi connectivity index (χ4n) is 1.55. The van der Waals surface area contributed by atoms with E-state index in [-0.39, 0.29) is 5.91 Å². The topological polar surface area (TPSA) is 45.7 Å². The number of carbonyl (C=O) groups is 1. The van der Waals surface area contributed by atoms with Crippen LogP contribution in [0.1, 0.15) is 16.9 Å². The van der Waals surface area contributed by atoms with E-state index in [1.807, 2.05) is 25.1 Å². The summed E-state index contributed by atoms with van der Waals surface area (Å²) in [4.78, 5) is 23.1. The van der Waals surface area contributed by atoms with Gasteiger partial charge in [-0.3, -0.25) is 14.6 Å². The Hall–Kier alpha value is -1.62. The zero-order valence-electron chi connectivity index (χ0n) is 9.51.